The Morgan fingerprint density at radius 1 is 1.00 bits per heavy atom. The second kappa shape index (κ2) is 11.2. The minimum Gasteiger partial charge on any atom is -0.497 e. The maximum absolute atomic E-state index is 14.0. The lowest BCUT2D eigenvalue weighted by Gasteiger charge is -2.37. The van der Waals surface area contributed by atoms with Gasteiger partial charge in [-0.3, -0.25) is 4.79 Å². The summed E-state index contributed by atoms with van der Waals surface area (Å²) in [5.74, 6) is -0.934. The minimum absolute atomic E-state index is 0.0104. The summed E-state index contributed by atoms with van der Waals surface area (Å²) in [4.78, 5) is 15.6. The molecule has 5 rings (SSSR count). The smallest absolute Gasteiger partial charge is 0.316 e. The number of halogens is 2. The van der Waals surface area contributed by atoms with E-state index in [9.17, 15) is 22.0 Å². The van der Waals surface area contributed by atoms with Crippen LogP contribution in [0.3, 0.4) is 0 Å². The number of anilines is 1. The van der Waals surface area contributed by atoms with Crippen molar-refractivity contribution in [3.63, 3.8) is 0 Å². The van der Waals surface area contributed by atoms with Crippen LogP contribution in [0.1, 0.15) is 31.4 Å². The molecular formula is C28H32F2N4O5S. The Morgan fingerprint density at radius 3 is 2.35 bits per heavy atom. The highest BCUT2D eigenvalue weighted by Gasteiger charge is 2.32. The maximum atomic E-state index is 14.0. The van der Waals surface area contributed by atoms with Crippen molar-refractivity contribution in [2.24, 2.45) is 0 Å². The average Bonchev–Trinajstić information content (AvgIpc) is 2.93. The summed E-state index contributed by atoms with van der Waals surface area (Å²) in [5, 5.41) is 3.68. The molecule has 0 amide bonds. The Morgan fingerprint density at radius 2 is 1.70 bits per heavy atom. The first-order valence-corrected chi connectivity index (χ1v) is 14.7. The van der Waals surface area contributed by atoms with E-state index < -0.39 is 32.5 Å². The van der Waals surface area contributed by atoms with E-state index in [0.717, 1.165) is 40.6 Å². The molecule has 2 aromatic carbocycles. The predicted molar refractivity (Wildman–Crippen MR) is 147 cm³/mol. The molecule has 0 saturated carbocycles. The number of benzene rings is 2. The number of aromatic nitrogens is 2. The van der Waals surface area contributed by atoms with Crippen LogP contribution in [0.2, 0.25) is 0 Å². The van der Waals surface area contributed by atoms with E-state index >= 15 is 0 Å². The fourth-order valence-electron chi connectivity index (χ4n) is 5.19. The molecule has 40 heavy (non-hydrogen) atoms. The molecule has 2 aliphatic rings. The Bertz CT molecular complexity index is 1550. The molecule has 2 heterocycles. The molecule has 0 radical (unpaired) electrons. The third kappa shape index (κ3) is 5.55. The SMILES string of the molecule is COc1ccc2c(c1)CC(Oc1c(N3CCN(S(=O)(=O)C(C)C)CC3)cnn(-c3cc(F)cc(F)c3)c1=O)CC2. The van der Waals surface area contributed by atoms with Crippen molar-refractivity contribution in [1.29, 1.82) is 0 Å². The number of aryl methyl sites for hydroxylation is 1. The zero-order valence-corrected chi connectivity index (χ0v) is 23.5. The first-order chi connectivity index (χ1) is 19.1. The van der Waals surface area contributed by atoms with Gasteiger partial charge in [-0.15, -0.1) is 0 Å². The summed E-state index contributed by atoms with van der Waals surface area (Å²) in [6.45, 7) is 4.43. The Kier molecular flexibility index (Phi) is 7.83. The van der Waals surface area contributed by atoms with E-state index in [1.165, 1.54) is 16.1 Å². The van der Waals surface area contributed by atoms with E-state index in [0.29, 0.717) is 31.6 Å². The van der Waals surface area contributed by atoms with Crippen LogP contribution in [0, 0.1) is 11.6 Å². The van der Waals surface area contributed by atoms with Gasteiger partial charge in [-0.25, -0.2) is 17.2 Å². The first-order valence-electron chi connectivity index (χ1n) is 13.2. The number of rotatable bonds is 7. The predicted octanol–water partition coefficient (Wildman–Crippen LogP) is 3.32. The minimum atomic E-state index is -3.42. The summed E-state index contributed by atoms with van der Waals surface area (Å²) < 4.78 is 67.4. The Hall–Kier alpha value is -3.51. The lowest BCUT2D eigenvalue weighted by atomic mass is 9.89. The van der Waals surface area contributed by atoms with Gasteiger partial charge < -0.3 is 14.4 Å². The van der Waals surface area contributed by atoms with Crippen molar-refractivity contribution >= 4 is 15.7 Å². The van der Waals surface area contributed by atoms with Crippen molar-refractivity contribution in [2.75, 3.05) is 38.2 Å². The number of methoxy groups -OCH3 is 1. The standard InChI is InChI=1S/C28H32F2N4O5S/c1-18(2)40(36,37)33-10-8-32(9-11-33)26-17-31-34(23-15-21(29)14-22(30)16-23)28(35)27(26)39-25-7-5-19-4-6-24(38-3)12-20(19)13-25/h4,6,12,14-18,25H,5,7-11,13H2,1-3H3. The number of ether oxygens (including phenoxy) is 2. The largest absolute Gasteiger partial charge is 0.497 e. The van der Waals surface area contributed by atoms with Gasteiger partial charge in [0.15, 0.2) is 0 Å². The molecule has 0 bridgehead atoms. The lowest BCUT2D eigenvalue weighted by Crippen LogP contribution is -2.50. The molecule has 1 atom stereocenters. The molecule has 1 saturated heterocycles. The fraction of sp³-hybridized carbons (Fsp3) is 0.429. The van der Waals surface area contributed by atoms with E-state index in [1.807, 2.05) is 23.1 Å². The molecule has 214 valence electrons. The normalized spacial score (nSPS) is 18.1. The summed E-state index contributed by atoms with van der Waals surface area (Å²) in [6, 6.07) is 8.67. The Balaban J connectivity index is 1.49. The highest BCUT2D eigenvalue weighted by molar-refractivity contribution is 7.89. The number of nitrogens with zero attached hydrogens (tertiary/aromatic N) is 4. The van der Waals surface area contributed by atoms with Crippen LogP contribution in [0.25, 0.3) is 5.69 Å². The van der Waals surface area contributed by atoms with Gasteiger partial charge in [-0.05, 0) is 62.1 Å². The molecule has 1 aliphatic heterocycles. The summed E-state index contributed by atoms with van der Waals surface area (Å²) >= 11 is 0. The van der Waals surface area contributed by atoms with Crippen molar-refractivity contribution in [1.82, 2.24) is 14.1 Å². The third-order valence-corrected chi connectivity index (χ3v) is 9.70. The monoisotopic (exact) mass is 574 g/mol. The molecule has 0 spiro atoms. The molecule has 1 unspecified atom stereocenters. The summed E-state index contributed by atoms with van der Waals surface area (Å²) in [6.07, 6.45) is 3.05. The zero-order chi connectivity index (χ0) is 28.6. The number of hydrogen-bond donors (Lipinski definition) is 0. The van der Waals surface area contributed by atoms with E-state index in [4.69, 9.17) is 9.47 Å². The van der Waals surface area contributed by atoms with Gasteiger partial charge in [0.2, 0.25) is 15.8 Å². The molecule has 1 aliphatic carbocycles. The van der Waals surface area contributed by atoms with Crippen LogP contribution in [-0.4, -0.2) is 67.1 Å². The van der Waals surface area contributed by atoms with Crippen molar-refractivity contribution in [3.8, 4) is 17.2 Å². The highest BCUT2D eigenvalue weighted by atomic mass is 32.2. The van der Waals surface area contributed by atoms with Gasteiger partial charge in [0.05, 0.1) is 24.2 Å². The second-order valence-electron chi connectivity index (χ2n) is 10.3. The molecule has 3 aromatic rings. The number of fused-ring (bicyclic) bond motifs is 1. The topological polar surface area (TPSA) is 94.0 Å². The second-order valence-corrected chi connectivity index (χ2v) is 12.8. The molecule has 0 N–H and O–H groups in total. The molecule has 1 aromatic heterocycles. The van der Waals surface area contributed by atoms with Gasteiger partial charge in [0.25, 0.3) is 0 Å². The number of hydrogen-bond acceptors (Lipinski definition) is 7. The van der Waals surface area contributed by atoms with Crippen molar-refractivity contribution in [3.05, 3.63) is 75.7 Å². The van der Waals surface area contributed by atoms with Crippen LogP contribution in [-0.2, 0) is 22.9 Å². The summed E-state index contributed by atoms with van der Waals surface area (Å²) in [5.41, 5.74) is 1.94. The van der Waals surface area contributed by atoms with Gasteiger partial charge >= 0.3 is 5.56 Å². The van der Waals surface area contributed by atoms with Crippen LogP contribution < -0.4 is 19.9 Å². The van der Waals surface area contributed by atoms with Gasteiger partial charge in [-0.2, -0.15) is 14.1 Å². The quantitative estimate of drug-likeness (QED) is 0.428. The highest BCUT2D eigenvalue weighted by Crippen LogP contribution is 2.32. The van der Waals surface area contributed by atoms with Gasteiger partial charge in [0, 0.05) is 38.7 Å². The molecule has 12 heteroatoms. The third-order valence-electron chi connectivity index (χ3n) is 7.42. The van der Waals surface area contributed by atoms with E-state index in [1.54, 1.807) is 21.0 Å². The van der Waals surface area contributed by atoms with E-state index in [2.05, 4.69) is 5.10 Å². The van der Waals surface area contributed by atoms with Gasteiger partial charge in [-0.1, -0.05) is 6.07 Å². The number of piperazine rings is 1. The maximum Gasteiger partial charge on any atom is 0.316 e. The fourth-order valence-corrected chi connectivity index (χ4v) is 6.46. The van der Waals surface area contributed by atoms with Crippen molar-refractivity contribution in [2.45, 2.75) is 44.5 Å². The van der Waals surface area contributed by atoms with Crippen LogP contribution in [0.4, 0.5) is 14.5 Å². The zero-order valence-electron chi connectivity index (χ0n) is 22.6. The summed E-state index contributed by atoms with van der Waals surface area (Å²) in [7, 11) is -1.82. The van der Waals surface area contributed by atoms with Crippen LogP contribution in [0.15, 0.2) is 47.4 Å². The Labute approximate surface area is 232 Å². The van der Waals surface area contributed by atoms with Gasteiger partial charge in [0.1, 0.15) is 29.2 Å². The number of sulfonamides is 1. The molecular weight excluding hydrogens is 542 g/mol. The average molecular weight is 575 g/mol. The van der Waals surface area contributed by atoms with Crippen LogP contribution >= 0.6 is 0 Å². The van der Waals surface area contributed by atoms with Crippen LogP contribution in [0.5, 0.6) is 11.5 Å². The van der Waals surface area contributed by atoms with E-state index in [-0.39, 0.29) is 30.6 Å². The van der Waals surface area contributed by atoms with Crippen molar-refractivity contribution < 1.29 is 26.7 Å². The first kappa shape index (κ1) is 28.0. The molecule has 1 fully saturated rings. The molecule has 9 nitrogen and oxygen atoms in total. The lowest BCUT2D eigenvalue weighted by molar-refractivity contribution is 0.181.